The summed E-state index contributed by atoms with van der Waals surface area (Å²) in [4.78, 5) is 76.9. The molecule has 0 aliphatic carbocycles. The number of aromatic nitrogens is 1. The van der Waals surface area contributed by atoms with Crippen LogP contribution in [0.3, 0.4) is 0 Å². The van der Waals surface area contributed by atoms with Crippen LogP contribution in [0.1, 0.15) is 97.3 Å². The summed E-state index contributed by atoms with van der Waals surface area (Å²) < 4.78 is 6.35. The van der Waals surface area contributed by atoms with E-state index in [0.717, 1.165) is 30.6 Å². The molecule has 49 heavy (non-hydrogen) atoms. The summed E-state index contributed by atoms with van der Waals surface area (Å²) in [7, 11) is 0. The van der Waals surface area contributed by atoms with Gasteiger partial charge in [0.2, 0.25) is 23.5 Å². The van der Waals surface area contributed by atoms with E-state index in [-0.39, 0.29) is 29.2 Å². The van der Waals surface area contributed by atoms with Crippen molar-refractivity contribution in [2.75, 3.05) is 26.2 Å². The van der Waals surface area contributed by atoms with Crippen LogP contribution in [0.4, 0.5) is 4.79 Å². The van der Waals surface area contributed by atoms with Crippen LogP contribution in [0.25, 0.3) is 10.2 Å². The van der Waals surface area contributed by atoms with E-state index in [2.05, 4.69) is 39.7 Å². The number of rotatable bonds is 13. The first-order valence-electron chi connectivity index (χ1n) is 17.5. The lowest BCUT2D eigenvalue weighted by Crippen LogP contribution is -2.59. The van der Waals surface area contributed by atoms with Gasteiger partial charge in [-0.15, -0.1) is 11.3 Å². The summed E-state index contributed by atoms with van der Waals surface area (Å²) in [5, 5.41) is 8.85. The van der Waals surface area contributed by atoms with Crippen molar-refractivity contribution < 1.29 is 28.7 Å². The molecule has 2 saturated heterocycles. The number of amides is 4. The zero-order valence-corrected chi connectivity index (χ0v) is 31.1. The van der Waals surface area contributed by atoms with E-state index in [1.165, 1.54) is 11.3 Å². The summed E-state index contributed by atoms with van der Waals surface area (Å²) >= 11 is 1.25. The average molecular weight is 699 g/mol. The fourth-order valence-corrected chi connectivity index (χ4v) is 7.60. The Kier molecular flexibility index (Phi) is 12.5. The number of alkyl carbamates (subject to hydrolysis) is 1. The molecule has 0 bridgehead atoms. The first-order valence-corrected chi connectivity index (χ1v) is 18.4. The standard InChI is InChI=1S/C36H54N6O6S/c1-9-17-41(18-10-2)23-20-26(42(21-23)33(46)29(35(3,4)5)40-34(47)48-36(6,7)8)31(45)38-25(19-22-15-16-37-30(22)44)28(43)32-39-24-13-11-12-14-27(24)49-32/h11-14,22-23,25-26,29H,9-10,15-21H2,1-8H3,(H,37,44)(H,38,45)(H,40,47)/t22-,23-,25+,26+,29-/m1/s1. The van der Waals surface area contributed by atoms with Gasteiger partial charge >= 0.3 is 6.09 Å². The number of hydrogen-bond donors (Lipinski definition) is 3. The quantitative estimate of drug-likeness (QED) is 0.259. The van der Waals surface area contributed by atoms with E-state index >= 15 is 0 Å². The van der Waals surface area contributed by atoms with Crippen LogP contribution >= 0.6 is 11.3 Å². The van der Waals surface area contributed by atoms with E-state index < -0.39 is 53.0 Å². The highest BCUT2D eigenvalue weighted by atomic mass is 32.1. The molecule has 2 aliphatic heterocycles. The van der Waals surface area contributed by atoms with Crippen molar-refractivity contribution in [3.8, 4) is 0 Å². The molecule has 3 N–H and O–H groups in total. The molecule has 3 heterocycles. The van der Waals surface area contributed by atoms with Gasteiger partial charge in [-0.25, -0.2) is 9.78 Å². The number of nitrogens with one attached hydrogen (secondary N) is 3. The Morgan fingerprint density at radius 3 is 2.31 bits per heavy atom. The predicted octanol–water partition coefficient (Wildman–Crippen LogP) is 4.52. The summed E-state index contributed by atoms with van der Waals surface area (Å²) in [6, 6.07) is 4.45. The summed E-state index contributed by atoms with van der Waals surface area (Å²) in [6.07, 6.45) is 2.16. The number of hydrogen-bond acceptors (Lipinski definition) is 9. The molecule has 2 fully saturated rings. The van der Waals surface area contributed by atoms with Gasteiger partial charge in [0.15, 0.2) is 5.01 Å². The van der Waals surface area contributed by atoms with Crippen LogP contribution in [0.15, 0.2) is 24.3 Å². The van der Waals surface area contributed by atoms with Crippen molar-refractivity contribution in [1.82, 2.24) is 30.7 Å². The van der Waals surface area contributed by atoms with Crippen molar-refractivity contribution in [3.05, 3.63) is 29.3 Å². The van der Waals surface area contributed by atoms with Crippen LogP contribution < -0.4 is 16.0 Å². The molecule has 0 saturated carbocycles. The molecular formula is C36H54N6O6S. The number of nitrogens with zero attached hydrogens (tertiary/aromatic N) is 3. The lowest BCUT2D eigenvalue weighted by Gasteiger charge is -2.36. The Morgan fingerprint density at radius 1 is 1.06 bits per heavy atom. The fourth-order valence-electron chi connectivity index (χ4n) is 6.64. The van der Waals surface area contributed by atoms with Crippen LogP contribution in [0.2, 0.25) is 0 Å². The SMILES string of the molecule is CCCN(CCC)[C@@H]1C[C@@H](C(=O)N[C@@H](C[C@H]2CCNC2=O)C(=O)c2nc3ccccc3s2)N(C(=O)[C@@H](NC(=O)OC(C)(C)C)C(C)(C)C)C1. The highest BCUT2D eigenvalue weighted by molar-refractivity contribution is 7.20. The van der Waals surface area contributed by atoms with Gasteiger partial charge < -0.3 is 25.6 Å². The van der Waals surface area contributed by atoms with Crippen molar-refractivity contribution in [3.63, 3.8) is 0 Å². The molecule has 5 atom stereocenters. The molecular weight excluding hydrogens is 644 g/mol. The lowest BCUT2D eigenvalue weighted by atomic mass is 9.85. The highest BCUT2D eigenvalue weighted by Gasteiger charge is 2.47. The molecule has 270 valence electrons. The van der Waals surface area contributed by atoms with Gasteiger partial charge in [0, 0.05) is 25.0 Å². The number of ketones is 1. The van der Waals surface area contributed by atoms with Gasteiger partial charge in [-0.1, -0.05) is 46.8 Å². The van der Waals surface area contributed by atoms with Crippen LogP contribution in [-0.2, 0) is 19.1 Å². The fraction of sp³-hybridized carbons (Fsp3) is 0.667. The second-order valence-corrected chi connectivity index (χ2v) is 16.3. The maximum Gasteiger partial charge on any atom is 0.408 e. The van der Waals surface area contributed by atoms with Crippen LogP contribution in [-0.4, -0.2) is 100 Å². The van der Waals surface area contributed by atoms with Crippen LogP contribution in [0.5, 0.6) is 0 Å². The third kappa shape index (κ3) is 9.78. The molecule has 2 aromatic rings. The molecule has 4 amide bonds. The van der Waals surface area contributed by atoms with Gasteiger partial charge in [-0.2, -0.15) is 0 Å². The average Bonchev–Trinajstić information content (AvgIpc) is 3.76. The van der Waals surface area contributed by atoms with Crippen LogP contribution in [0, 0.1) is 11.3 Å². The van der Waals surface area contributed by atoms with E-state index in [4.69, 9.17) is 4.74 Å². The second kappa shape index (κ2) is 16.0. The molecule has 0 unspecified atom stereocenters. The van der Waals surface area contributed by atoms with E-state index in [1.807, 2.05) is 45.0 Å². The maximum atomic E-state index is 14.5. The molecule has 1 aromatic heterocycles. The number of benzene rings is 1. The number of likely N-dealkylation sites (tertiary alicyclic amines) is 1. The Hall–Kier alpha value is -3.58. The number of thiazole rings is 1. The maximum absolute atomic E-state index is 14.5. The monoisotopic (exact) mass is 698 g/mol. The minimum absolute atomic E-state index is 0.0965. The van der Waals surface area contributed by atoms with E-state index in [1.54, 1.807) is 25.7 Å². The first kappa shape index (κ1) is 38.2. The Morgan fingerprint density at radius 2 is 1.73 bits per heavy atom. The zero-order valence-electron chi connectivity index (χ0n) is 30.3. The van der Waals surface area contributed by atoms with Crippen molar-refractivity contribution in [2.45, 2.75) is 117 Å². The molecule has 2 aliphatic rings. The second-order valence-electron chi connectivity index (χ2n) is 15.3. The van der Waals surface area contributed by atoms with E-state index in [9.17, 15) is 24.0 Å². The zero-order chi connectivity index (χ0) is 36.1. The highest BCUT2D eigenvalue weighted by Crippen LogP contribution is 2.30. The summed E-state index contributed by atoms with van der Waals surface area (Å²) in [5.41, 5.74) is -0.785. The molecule has 4 rings (SSSR count). The molecule has 13 heteroatoms. The Balaban J connectivity index is 1.66. The summed E-state index contributed by atoms with van der Waals surface area (Å²) in [6.45, 7) is 17.4. The number of carbonyl (C=O) groups is 5. The normalized spacial score (nSPS) is 21.0. The third-order valence-corrected chi connectivity index (χ3v) is 10.0. The minimum Gasteiger partial charge on any atom is -0.444 e. The molecule has 12 nitrogen and oxygen atoms in total. The van der Waals surface area contributed by atoms with Gasteiger partial charge in [0.25, 0.3) is 0 Å². The lowest BCUT2D eigenvalue weighted by molar-refractivity contribution is -0.142. The van der Waals surface area contributed by atoms with Gasteiger partial charge in [-0.3, -0.25) is 24.1 Å². The first-order chi connectivity index (χ1) is 23.0. The van der Waals surface area contributed by atoms with Crippen molar-refractivity contribution in [1.29, 1.82) is 0 Å². The van der Waals surface area contributed by atoms with E-state index in [0.29, 0.717) is 31.4 Å². The number of para-hydroxylation sites is 1. The number of carbonyl (C=O) groups excluding carboxylic acids is 5. The Bertz CT molecular complexity index is 1470. The van der Waals surface area contributed by atoms with Crippen molar-refractivity contribution in [2.24, 2.45) is 11.3 Å². The smallest absolute Gasteiger partial charge is 0.408 e. The number of fused-ring (bicyclic) bond motifs is 1. The molecule has 0 radical (unpaired) electrons. The Labute approximate surface area is 294 Å². The molecule has 1 aromatic carbocycles. The largest absolute Gasteiger partial charge is 0.444 e. The van der Waals surface area contributed by atoms with Crippen molar-refractivity contribution >= 4 is 51.2 Å². The topological polar surface area (TPSA) is 150 Å². The van der Waals surface area contributed by atoms with Gasteiger partial charge in [-0.05, 0) is 83.5 Å². The van der Waals surface area contributed by atoms with Gasteiger partial charge in [0.1, 0.15) is 17.7 Å². The third-order valence-electron chi connectivity index (χ3n) is 9.00. The number of ether oxygens (including phenoxy) is 1. The minimum atomic E-state index is -1.02. The predicted molar refractivity (Wildman–Crippen MR) is 190 cm³/mol. The van der Waals surface area contributed by atoms with Gasteiger partial charge in [0.05, 0.1) is 16.3 Å². The molecule has 0 spiro atoms. The number of Topliss-reactive ketones (excluding diaryl/α,β-unsaturated/α-hetero) is 1. The summed E-state index contributed by atoms with van der Waals surface area (Å²) in [5.74, 6) is -1.81.